The molecule has 1 aliphatic rings. The predicted molar refractivity (Wildman–Crippen MR) is 38.0 cm³/mol. The van der Waals surface area contributed by atoms with Crippen molar-refractivity contribution < 1.29 is 0 Å². The normalized spacial score (nSPS) is 26.3. The summed E-state index contributed by atoms with van der Waals surface area (Å²) in [5, 5.41) is 0. The molecule has 0 amide bonds. The number of nitrogens with zero attached hydrogens (tertiary/aromatic N) is 2. The minimum atomic E-state index is -0.186. The molecule has 9 heavy (non-hydrogen) atoms. The standard InChI is InChI=1S/C6H11N3/c1-5-3-8-6(7)9(2)4-5/h3-4,6H,7H2,1-2H3. The van der Waals surface area contributed by atoms with Crippen LogP contribution >= 0.6 is 0 Å². The topological polar surface area (TPSA) is 41.6 Å². The van der Waals surface area contributed by atoms with Crippen LogP contribution in [0.1, 0.15) is 6.92 Å². The molecule has 0 spiro atoms. The van der Waals surface area contributed by atoms with E-state index < -0.39 is 0 Å². The molecule has 2 N–H and O–H groups in total. The van der Waals surface area contributed by atoms with E-state index in [0.717, 1.165) is 5.57 Å². The fraction of sp³-hybridized carbons (Fsp3) is 0.500. The quantitative estimate of drug-likeness (QED) is 0.500. The van der Waals surface area contributed by atoms with Crippen LogP contribution < -0.4 is 5.73 Å². The highest BCUT2D eigenvalue weighted by atomic mass is 15.3. The van der Waals surface area contributed by atoms with E-state index in [1.807, 2.05) is 25.1 Å². The zero-order valence-electron chi connectivity index (χ0n) is 5.70. The molecule has 0 aliphatic carbocycles. The van der Waals surface area contributed by atoms with Crippen molar-refractivity contribution in [1.82, 2.24) is 4.90 Å². The van der Waals surface area contributed by atoms with Crippen LogP contribution in [0.15, 0.2) is 16.8 Å². The number of nitrogens with two attached hydrogens (primary N) is 1. The Morgan fingerprint density at radius 1 is 1.78 bits per heavy atom. The molecule has 1 heterocycles. The molecule has 3 heteroatoms. The molecule has 0 fully saturated rings. The fourth-order valence-corrected chi connectivity index (χ4v) is 0.730. The predicted octanol–water partition coefficient (Wildman–Crippen LogP) is 0.149. The summed E-state index contributed by atoms with van der Waals surface area (Å²) in [7, 11) is 1.91. The van der Waals surface area contributed by atoms with Gasteiger partial charge in [0.1, 0.15) is 0 Å². The Morgan fingerprint density at radius 2 is 2.44 bits per heavy atom. The van der Waals surface area contributed by atoms with E-state index in [2.05, 4.69) is 4.99 Å². The van der Waals surface area contributed by atoms with E-state index in [9.17, 15) is 0 Å². The van der Waals surface area contributed by atoms with Crippen molar-refractivity contribution in [3.8, 4) is 0 Å². The third kappa shape index (κ3) is 1.29. The highest BCUT2D eigenvalue weighted by molar-refractivity contribution is 5.78. The van der Waals surface area contributed by atoms with Crippen LogP contribution in [0.25, 0.3) is 0 Å². The molecule has 1 rings (SSSR count). The molecule has 0 saturated carbocycles. The molecule has 1 unspecified atom stereocenters. The molecule has 1 atom stereocenters. The lowest BCUT2D eigenvalue weighted by Gasteiger charge is -2.22. The second kappa shape index (κ2) is 2.19. The summed E-state index contributed by atoms with van der Waals surface area (Å²) in [6.45, 7) is 1.99. The monoisotopic (exact) mass is 125 g/mol. The Morgan fingerprint density at radius 3 is 2.89 bits per heavy atom. The van der Waals surface area contributed by atoms with E-state index >= 15 is 0 Å². The van der Waals surface area contributed by atoms with Crippen LogP contribution in [0, 0.1) is 0 Å². The lowest BCUT2D eigenvalue weighted by atomic mass is 10.3. The van der Waals surface area contributed by atoms with E-state index in [0.29, 0.717) is 0 Å². The maximum atomic E-state index is 5.52. The van der Waals surface area contributed by atoms with E-state index in [1.165, 1.54) is 0 Å². The summed E-state index contributed by atoms with van der Waals surface area (Å²) in [4.78, 5) is 5.87. The second-order valence-corrected chi connectivity index (χ2v) is 2.23. The van der Waals surface area contributed by atoms with Crippen LogP contribution in [0.2, 0.25) is 0 Å². The molecule has 0 aromatic carbocycles. The van der Waals surface area contributed by atoms with Crippen LogP contribution in [0.3, 0.4) is 0 Å². The van der Waals surface area contributed by atoms with Gasteiger partial charge in [0.2, 0.25) is 0 Å². The minimum absolute atomic E-state index is 0.186. The van der Waals surface area contributed by atoms with Gasteiger partial charge in [-0.15, -0.1) is 0 Å². The van der Waals surface area contributed by atoms with Gasteiger partial charge in [0.05, 0.1) is 0 Å². The van der Waals surface area contributed by atoms with Crippen molar-refractivity contribution >= 4 is 6.21 Å². The zero-order valence-corrected chi connectivity index (χ0v) is 5.70. The SMILES string of the molecule is CC1=CN(C)C(N)N=C1. The first-order chi connectivity index (χ1) is 4.20. The van der Waals surface area contributed by atoms with Gasteiger partial charge >= 0.3 is 0 Å². The highest BCUT2D eigenvalue weighted by Crippen LogP contribution is 2.01. The molecular formula is C6H11N3. The molecule has 1 aliphatic heterocycles. The summed E-state index contributed by atoms with van der Waals surface area (Å²) in [6.07, 6.45) is 3.57. The highest BCUT2D eigenvalue weighted by Gasteiger charge is 2.05. The third-order valence-electron chi connectivity index (χ3n) is 1.26. The lowest BCUT2D eigenvalue weighted by Crippen LogP contribution is -2.35. The number of hydrogen-bond acceptors (Lipinski definition) is 3. The number of aliphatic imine (C=N–C) groups is 1. The first-order valence-electron chi connectivity index (χ1n) is 2.89. The van der Waals surface area contributed by atoms with Gasteiger partial charge in [0.25, 0.3) is 0 Å². The fourth-order valence-electron chi connectivity index (χ4n) is 0.730. The van der Waals surface area contributed by atoms with Gasteiger partial charge in [-0.2, -0.15) is 0 Å². The Bertz CT molecular complexity index is 160. The van der Waals surface area contributed by atoms with Crippen molar-refractivity contribution in [3.63, 3.8) is 0 Å². The summed E-state index contributed by atoms with van der Waals surface area (Å²) in [6, 6.07) is 0. The molecule has 0 bridgehead atoms. The first-order valence-corrected chi connectivity index (χ1v) is 2.89. The Balaban J connectivity index is 2.70. The van der Waals surface area contributed by atoms with Gasteiger partial charge < -0.3 is 4.90 Å². The molecular weight excluding hydrogens is 114 g/mol. The Labute approximate surface area is 54.9 Å². The number of hydrogen-bond donors (Lipinski definition) is 1. The Hall–Kier alpha value is -0.830. The van der Waals surface area contributed by atoms with Crippen molar-refractivity contribution in [2.75, 3.05) is 7.05 Å². The molecule has 3 nitrogen and oxygen atoms in total. The molecule has 50 valence electrons. The zero-order chi connectivity index (χ0) is 6.85. The van der Waals surface area contributed by atoms with Crippen LogP contribution in [-0.4, -0.2) is 24.5 Å². The van der Waals surface area contributed by atoms with E-state index in [-0.39, 0.29) is 6.29 Å². The van der Waals surface area contributed by atoms with Gasteiger partial charge in [-0.25, -0.2) is 0 Å². The van der Waals surface area contributed by atoms with Gasteiger partial charge in [-0.05, 0) is 12.5 Å². The minimum Gasteiger partial charge on any atom is -0.347 e. The second-order valence-electron chi connectivity index (χ2n) is 2.23. The smallest absolute Gasteiger partial charge is 0.172 e. The number of rotatable bonds is 0. The van der Waals surface area contributed by atoms with Crippen molar-refractivity contribution in [1.29, 1.82) is 0 Å². The van der Waals surface area contributed by atoms with Crippen LogP contribution in [0.4, 0.5) is 0 Å². The largest absolute Gasteiger partial charge is 0.347 e. The van der Waals surface area contributed by atoms with Crippen LogP contribution in [-0.2, 0) is 0 Å². The maximum absolute atomic E-state index is 5.52. The molecule has 0 radical (unpaired) electrons. The lowest BCUT2D eigenvalue weighted by molar-refractivity contribution is 0.343. The first kappa shape index (κ1) is 6.29. The van der Waals surface area contributed by atoms with Gasteiger partial charge in [0, 0.05) is 19.5 Å². The Kier molecular flexibility index (Phi) is 1.53. The van der Waals surface area contributed by atoms with Crippen molar-refractivity contribution in [2.24, 2.45) is 10.7 Å². The average Bonchev–Trinajstić information content (AvgIpc) is 1.80. The number of allylic oxidation sites excluding steroid dienone is 1. The van der Waals surface area contributed by atoms with Gasteiger partial charge in [-0.3, -0.25) is 10.7 Å². The maximum Gasteiger partial charge on any atom is 0.172 e. The van der Waals surface area contributed by atoms with Gasteiger partial charge in [0.15, 0.2) is 6.29 Å². The summed E-state index contributed by atoms with van der Waals surface area (Å²) in [5.74, 6) is 0. The average molecular weight is 125 g/mol. The third-order valence-corrected chi connectivity index (χ3v) is 1.26. The molecule has 0 aromatic heterocycles. The van der Waals surface area contributed by atoms with Crippen molar-refractivity contribution in [2.45, 2.75) is 13.2 Å². The molecule has 0 aromatic rings. The summed E-state index contributed by atoms with van der Waals surface area (Å²) >= 11 is 0. The molecule has 0 saturated heterocycles. The van der Waals surface area contributed by atoms with E-state index in [4.69, 9.17) is 5.73 Å². The van der Waals surface area contributed by atoms with Crippen LogP contribution in [0.5, 0.6) is 0 Å². The summed E-state index contributed by atoms with van der Waals surface area (Å²) < 4.78 is 0. The van der Waals surface area contributed by atoms with Crippen molar-refractivity contribution in [3.05, 3.63) is 11.8 Å². The summed E-state index contributed by atoms with van der Waals surface area (Å²) in [5.41, 5.74) is 6.66. The van der Waals surface area contributed by atoms with E-state index in [1.54, 1.807) is 6.21 Å². The van der Waals surface area contributed by atoms with Gasteiger partial charge in [-0.1, -0.05) is 0 Å².